The average Bonchev–Trinajstić information content (AvgIpc) is 3.52. The fourth-order valence-corrected chi connectivity index (χ4v) is 5.47. The van der Waals surface area contributed by atoms with Crippen LogP contribution in [0, 0.1) is 0 Å². The zero-order valence-electron chi connectivity index (χ0n) is 20.8. The third-order valence-electron chi connectivity index (χ3n) is 5.52. The van der Waals surface area contributed by atoms with Crippen LogP contribution in [-0.4, -0.2) is 64.8 Å². The largest absolute Gasteiger partial charge is 0.444 e. The number of benzene rings is 1. The summed E-state index contributed by atoms with van der Waals surface area (Å²) in [6, 6.07) is 11.0. The first-order valence-corrected chi connectivity index (χ1v) is 13.4. The average molecular weight is 544 g/mol. The Morgan fingerprint density at radius 1 is 1.05 bits per heavy atom. The second-order valence-corrected chi connectivity index (χ2v) is 11.5. The van der Waals surface area contributed by atoms with Gasteiger partial charge in [-0.2, -0.15) is 0 Å². The van der Waals surface area contributed by atoms with E-state index in [1.165, 1.54) is 22.7 Å². The van der Waals surface area contributed by atoms with Gasteiger partial charge in [0.2, 0.25) is 5.91 Å². The molecule has 1 aromatic carbocycles. The molecule has 1 aliphatic rings. The second kappa shape index (κ2) is 11.3. The topological polar surface area (TPSA) is 124 Å². The lowest BCUT2D eigenvalue weighted by Crippen LogP contribution is -2.50. The summed E-state index contributed by atoms with van der Waals surface area (Å²) >= 11 is 2.72. The van der Waals surface area contributed by atoms with Crippen molar-refractivity contribution in [1.29, 1.82) is 0 Å². The molecule has 0 atom stereocenters. The van der Waals surface area contributed by atoms with Gasteiger partial charge in [0.05, 0.1) is 17.0 Å². The van der Waals surface area contributed by atoms with E-state index in [1.807, 2.05) is 50.4 Å². The lowest BCUT2D eigenvalue weighted by atomic mass is 10.1. The second-order valence-electron chi connectivity index (χ2n) is 9.47. The molecule has 3 aromatic rings. The van der Waals surface area contributed by atoms with E-state index >= 15 is 0 Å². The Hall–Kier alpha value is -3.48. The summed E-state index contributed by atoms with van der Waals surface area (Å²) in [4.78, 5) is 46.4. The van der Waals surface area contributed by atoms with Crippen molar-refractivity contribution in [3.63, 3.8) is 0 Å². The molecule has 0 spiro atoms. The molecule has 1 fully saturated rings. The molecule has 12 heteroatoms. The number of thiophene rings is 1. The fraction of sp³-hybridized carbons (Fsp3) is 0.360. The zero-order valence-corrected chi connectivity index (χ0v) is 22.4. The lowest BCUT2D eigenvalue weighted by Gasteiger charge is -2.36. The van der Waals surface area contributed by atoms with Gasteiger partial charge in [-0.15, -0.1) is 22.7 Å². The van der Waals surface area contributed by atoms with Crippen molar-refractivity contribution in [1.82, 2.24) is 15.4 Å². The van der Waals surface area contributed by atoms with E-state index in [9.17, 15) is 14.4 Å². The highest BCUT2D eigenvalue weighted by Crippen LogP contribution is 2.31. The monoisotopic (exact) mass is 543 g/mol. The molecule has 0 radical (unpaired) electrons. The number of ether oxygens (including phenoxy) is 1. The zero-order chi connectivity index (χ0) is 26.6. The van der Waals surface area contributed by atoms with Crippen molar-refractivity contribution in [3.05, 3.63) is 52.2 Å². The first-order chi connectivity index (χ1) is 17.6. The van der Waals surface area contributed by atoms with E-state index in [-0.39, 0.29) is 18.4 Å². The maximum atomic E-state index is 12.8. The Labute approximate surface area is 222 Å². The van der Waals surface area contributed by atoms with Gasteiger partial charge in [0.1, 0.15) is 5.60 Å². The van der Waals surface area contributed by atoms with Crippen molar-refractivity contribution in [2.75, 3.05) is 36.4 Å². The van der Waals surface area contributed by atoms with Crippen LogP contribution in [0.5, 0.6) is 0 Å². The van der Waals surface area contributed by atoms with Gasteiger partial charge in [-0.1, -0.05) is 0 Å². The van der Waals surface area contributed by atoms with E-state index in [2.05, 4.69) is 15.2 Å². The number of nitrogens with zero attached hydrogens (tertiary/aromatic N) is 3. The summed E-state index contributed by atoms with van der Waals surface area (Å²) < 4.78 is 5.45. The number of hydrogen-bond donors (Lipinski definition) is 3. The predicted octanol–water partition coefficient (Wildman–Crippen LogP) is 4.23. The Morgan fingerprint density at radius 3 is 2.41 bits per heavy atom. The summed E-state index contributed by atoms with van der Waals surface area (Å²) in [6.07, 6.45) is -0.206. The van der Waals surface area contributed by atoms with Gasteiger partial charge >= 0.3 is 6.09 Å². The minimum atomic E-state index is -0.515. The first-order valence-electron chi connectivity index (χ1n) is 11.7. The Balaban J connectivity index is 1.30. The third kappa shape index (κ3) is 7.06. The fourth-order valence-electron chi connectivity index (χ4n) is 3.72. The molecule has 1 aliphatic heterocycles. The number of hydroxylamine groups is 1. The Bertz CT molecular complexity index is 1260. The number of anilines is 2. The van der Waals surface area contributed by atoms with Gasteiger partial charge in [0, 0.05) is 47.7 Å². The summed E-state index contributed by atoms with van der Waals surface area (Å²) in [6.45, 7) is 8.08. The minimum Gasteiger partial charge on any atom is -0.444 e. The number of amides is 3. The van der Waals surface area contributed by atoms with Crippen molar-refractivity contribution in [2.45, 2.75) is 32.8 Å². The van der Waals surface area contributed by atoms with Crippen molar-refractivity contribution < 1.29 is 24.3 Å². The molecule has 196 valence electrons. The molecule has 10 nitrogen and oxygen atoms in total. The van der Waals surface area contributed by atoms with Crippen LogP contribution in [0.1, 0.15) is 36.0 Å². The number of nitrogens with one attached hydrogen (secondary N) is 2. The summed E-state index contributed by atoms with van der Waals surface area (Å²) in [7, 11) is 0. The molecule has 3 heterocycles. The van der Waals surface area contributed by atoms with Crippen LogP contribution in [0.2, 0.25) is 0 Å². The predicted molar refractivity (Wildman–Crippen MR) is 143 cm³/mol. The highest BCUT2D eigenvalue weighted by Gasteiger charge is 2.26. The van der Waals surface area contributed by atoms with Crippen LogP contribution in [0.25, 0.3) is 10.6 Å². The number of carbonyl (C=O) groups is 3. The molecule has 2 aromatic heterocycles. The van der Waals surface area contributed by atoms with Crippen LogP contribution >= 0.6 is 22.7 Å². The smallest absolute Gasteiger partial charge is 0.410 e. The molecule has 0 unspecified atom stereocenters. The molecule has 37 heavy (non-hydrogen) atoms. The normalized spacial score (nSPS) is 13.8. The van der Waals surface area contributed by atoms with Crippen LogP contribution in [0.3, 0.4) is 0 Å². The number of carbonyl (C=O) groups excluding carboxylic acids is 3. The summed E-state index contributed by atoms with van der Waals surface area (Å²) in [5.41, 5.74) is 3.32. The van der Waals surface area contributed by atoms with Crippen molar-refractivity contribution >= 4 is 51.4 Å². The van der Waals surface area contributed by atoms with Crippen LogP contribution in [0.4, 0.5) is 15.6 Å². The molecule has 3 N–H and O–H groups in total. The van der Waals surface area contributed by atoms with Gasteiger partial charge in [0.25, 0.3) is 5.91 Å². The van der Waals surface area contributed by atoms with Gasteiger partial charge < -0.3 is 14.5 Å². The quantitative estimate of drug-likeness (QED) is 0.314. The van der Waals surface area contributed by atoms with Crippen molar-refractivity contribution in [2.24, 2.45) is 0 Å². The SMILES string of the molecule is CC(C)(C)OC(=O)N1CCN(c2ccc(C(=O)Nc3nc(-c4ccc(CC(=O)NO)s4)cs3)cc2)CC1. The summed E-state index contributed by atoms with van der Waals surface area (Å²) in [5.74, 6) is -0.734. The maximum Gasteiger partial charge on any atom is 0.410 e. The van der Waals surface area contributed by atoms with Crippen molar-refractivity contribution in [3.8, 4) is 10.6 Å². The number of aromatic nitrogens is 1. The maximum absolute atomic E-state index is 12.8. The molecule has 4 rings (SSSR count). The number of thiazole rings is 1. The molecule has 0 saturated carbocycles. The molecular formula is C25H29N5O5S2. The van der Waals surface area contributed by atoms with E-state index in [1.54, 1.807) is 22.5 Å². The minimum absolute atomic E-state index is 0.0876. The van der Waals surface area contributed by atoms with E-state index in [0.29, 0.717) is 42.6 Å². The van der Waals surface area contributed by atoms with Gasteiger partial charge in [-0.25, -0.2) is 15.3 Å². The van der Waals surface area contributed by atoms with Crippen LogP contribution in [0.15, 0.2) is 41.8 Å². The Kier molecular flexibility index (Phi) is 8.10. The molecule has 0 aliphatic carbocycles. The number of rotatable bonds is 6. The lowest BCUT2D eigenvalue weighted by molar-refractivity contribution is -0.128. The number of hydrogen-bond acceptors (Lipinski definition) is 9. The van der Waals surface area contributed by atoms with Gasteiger partial charge in [0.15, 0.2) is 5.13 Å². The standard InChI is InChI=1S/C25H29N5O5S2/c1-25(2,3)35-24(33)30-12-10-29(11-13-30)17-6-4-16(5-7-17)22(32)27-23-26-19(15-36-23)20-9-8-18(37-20)14-21(31)28-34/h4-9,15,34H,10-14H2,1-3H3,(H,28,31)(H,26,27,32). The van der Waals surface area contributed by atoms with E-state index in [4.69, 9.17) is 9.94 Å². The summed E-state index contributed by atoms with van der Waals surface area (Å²) in [5, 5.41) is 13.8. The first kappa shape index (κ1) is 26.6. The van der Waals surface area contributed by atoms with Gasteiger partial charge in [-0.05, 0) is 57.2 Å². The van der Waals surface area contributed by atoms with E-state index in [0.717, 1.165) is 15.4 Å². The highest BCUT2D eigenvalue weighted by molar-refractivity contribution is 7.17. The molecule has 3 amide bonds. The molecule has 1 saturated heterocycles. The van der Waals surface area contributed by atoms with Crippen LogP contribution < -0.4 is 15.7 Å². The highest BCUT2D eigenvalue weighted by atomic mass is 32.1. The molecular weight excluding hydrogens is 514 g/mol. The third-order valence-corrected chi connectivity index (χ3v) is 7.39. The Morgan fingerprint density at radius 2 is 1.76 bits per heavy atom. The number of piperazine rings is 1. The van der Waals surface area contributed by atoms with Gasteiger partial charge in [-0.3, -0.25) is 20.1 Å². The molecule has 0 bridgehead atoms. The van der Waals surface area contributed by atoms with Crippen LogP contribution in [-0.2, 0) is 16.0 Å². The van der Waals surface area contributed by atoms with E-state index < -0.39 is 11.5 Å².